The van der Waals surface area contributed by atoms with Gasteiger partial charge in [-0.1, -0.05) is 0 Å². The van der Waals surface area contributed by atoms with Crippen LogP contribution in [0.4, 0.5) is 0 Å². The molecule has 4 nitrogen and oxygen atoms in total. The van der Waals surface area contributed by atoms with Gasteiger partial charge in [-0.2, -0.15) is 0 Å². The van der Waals surface area contributed by atoms with Gasteiger partial charge in [-0.15, -0.1) is 0 Å². The van der Waals surface area contributed by atoms with Crippen molar-refractivity contribution >= 4 is 5.97 Å². The third kappa shape index (κ3) is 1.95. The molecule has 0 bridgehead atoms. The van der Waals surface area contributed by atoms with Crippen molar-refractivity contribution in [2.24, 2.45) is 0 Å². The van der Waals surface area contributed by atoms with E-state index < -0.39 is 0 Å². The largest absolute Gasteiger partial charge is 0.468 e. The molecule has 12 heavy (non-hydrogen) atoms. The van der Waals surface area contributed by atoms with Gasteiger partial charge in [0.15, 0.2) is 0 Å². The molecule has 0 aromatic carbocycles. The lowest BCUT2D eigenvalue weighted by Crippen LogP contribution is -2.55. The molecule has 1 heterocycles. The number of methoxy groups -OCH3 is 1. The second kappa shape index (κ2) is 3.87. The van der Waals surface area contributed by atoms with Crippen LogP contribution in [0.25, 0.3) is 0 Å². The van der Waals surface area contributed by atoms with Gasteiger partial charge in [-0.05, 0) is 13.8 Å². The van der Waals surface area contributed by atoms with Gasteiger partial charge in [0.05, 0.1) is 19.8 Å². The SMILES string of the molecule is COC(=O)C1COC(C)C(C)N1. The van der Waals surface area contributed by atoms with E-state index >= 15 is 0 Å². The summed E-state index contributed by atoms with van der Waals surface area (Å²) in [4.78, 5) is 11.1. The highest BCUT2D eigenvalue weighted by atomic mass is 16.5. The molecule has 0 radical (unpaired) electrons. The second-order valence-corrected chi connectivity index (χ2v) is 3.07. The number of hydrogen-bond acceptors (Lipinski definition) is 4. The van der Waals surface area contributed by atoms with Crippen molar-refractivity contribution in [1.82, 2.24) is 5.32 Å². The summed E-state index contributed by atoms with van der Waals surface area (Å²) in [7, 11) is 1.38. The summed E-state index contributed by atoms with van der Waals surface area (Å²) in [6, 6.07) is -0.107. The van der Waals surface area contributed by atoms with Gasteiger partial charge in [0.2, 0.25) is 0 Å². The molecule has 1 N–H and O–H groups in total. The Hall–Kier alpha value is -0.610. The van der Waals surface area contributed by atoms with E-state index in [-0.39, 0.29) is 24.2 Å². The van der Waals surface area contributed by atoms with Crippen LogP contribution in [-0.4, -0.2) is 37.9 Å². The second-order valence-electron chi connectivity index (χ2n) is 3.07. The molecule has 0 aromatic heterocycles. The third-order valence-electron chi connectivity index (χ3n) is 2.18. The minimum absolute atomic E-state index is 0.158. The van der Waals surface area contributed by atoms with Crippen LogP contribution in [0.3, 0.4) is 0 Å². The Kier molecular flexibility index (Phi) is 3.05. The Bertz CT molecular complexity index is 172. The molecule has 0 aromatic rings. The van der Waals surface area contributed by atoms with E-state index in [9.17, 15) is 4.79 Å². The molecule has 4 heteroatoms. The summed E-state index contributed by atoms with van der Waals surface area (Å²) < 4.78 is 9.95. The Balaban J connectivity index is 2.45. The fourth-order valence-corrected chi connectivity index (χ4v) is 1.17. The van der Waals surface area contributed by atoms with Crippen molar-refractivity contribution in [2.45, 2.75) is 32.0 Å². The molecular formula is C8H15NO3. The molecule has 0 saturated carbocycles. The first-order valence-electron chi connectivity index (χ1n) is 4.10. The van der Waals surface area contributed by atoms with Gasteiger partial charge in [-0.25, -0.2) is 0 Å². The Morgan fingerprint density at radius 1 is 1.58 bits per heavy atom. The highest BCUT2D eigenvalue weighted by molar-refractivity contribution is 5.75. The fraction of sp³-hybridized carbons (Fsp3) is 0.875. The maximum Gasteiger partial charge on any atom is 0.325 e. The van der Waals surface area contributed by atoms with E-state index in [2.05, 4.69) is 10.1 Å². The molecule has 0 aliphatic carbocycles. The number of morpholine rings is 1. The van der Waals surface area contributed by atoms with Gasteiger partial charge in [0, 0.05) is 6.04 Å². The molecule has 1 saturated heterocycles. The van der Waals surface area contributed by atoms with Gasteiger partial charge in [-0.3, -0.25) is 10.1 Å². The summed E-state index contributed by atoms with van der Waals surface area (Å²) in [6.07, 6.45) is 0.158. The molecule has 1 aliphatic rings. The number of esters is 1. The van der Waals surface area contributed by atoms with Crippen LogP contribution in [0.1, 0.15) is 13.8 Å². The Labute approximate surface area is 72.2 Å². The summed E-state index contributed by atoms with van der Waals surface area (Å²) in [5, 5.41) is 3.12. The molecule has 3 atom stereocenters. The van der Waals surface area contributed by atoms with Crippen LogP contribution >= 0.6 is 0 Å². The van der Waals surface area contributed by atoms with E-state index in [1.54, 1.807) is 0 Å². The number of ether oxygens (including phenoxy) is 2. The molecule has 1 aliphatic heterocycles. The number of rotatable bonds is 1. The molecular weight excluding hydrogens is 158 g/mol. The first-order chi connectivity index (χ1) is 5.65. The van der Waals surface area contributed by atoms with Crippen LogP contribution in [0.5, 0.6) is 0 Å². The minimum Gasteiger partial charge on any atom is -0.468 e. The smallest absolute Gasteiger partial charge is 0.325 e. The van der Waals surface area contributed by atoms with Crippen molar-refractivity contribution in [3.05, 3.63) is 0 Å². The molecule has 1 rings (SSSR count). The van der Waals surface area contributed by atoms with Crippen molar-refractivity contribution in [2.75, 3.05) is 13.7 Å². The van der Waals surface area contributed by atoms with Crippen molar-refractivity contribution in [3.8, 4) is 0 Å². The van der Waals surface area contributed by atoms with Gasteiger partial charge in [0.1, 0.15) is 6.04 Å². The number of carbonyl (C=O) groups excluding carboxylic acids is 1. The van der Waals surface area contributed by atoms with Gasteiger partial charge in [0.25, 0.3) is 0 Å². The zero-order valence-electron chi connectivity index (χ0n) is 7.66. The van der Waals surface area contributed by atoms with E-state index in [0.29, 0.717) is 6.61 Å². The van der Waals surface area contributed by atoms with E-state index in [4.69, 9.17) is 4.74 Å². The van der Waals surface area contributed by atoms with Crippen molar-refractivity contribution < 1.29 is 14.3 Å². The van der Waals surface area contributed by atoms with Crippen LogP contribution in [-0.2, 0) is 14.3 Å². The van der Waals surface area contributed by atoms with Crippen molar-refractivity contribution in [3.63, 3.8) is 0 Å². The lowest BCUT2D eigenvalue weighted by molar-refractivity contribution is -0.148. The maximum absolute atomic E-state index is 11.1. The minimum atomic E-state index is -0.304. The first kappa shape index (κ1) is 9.48. The number of hydrogen-bond donors (Lipinski definition) is 1. The molecule has 3 unspecified atom stereocenters. The predicted molar refractivity (Wildman–Crippen MR) is 43.8 cm³/mol. The van der Waals surface area contributed by atoms with Crippen LogP contribution in [0.2, 0.25) is 0 Å². The maximum atomic E-state index is 11.1. The van der Waals surface area contributed by atoms with Crippen molar-refractivity contribution in [1.29, 1.82) is 0 Å². The van der Waals surface area contributed by atoms with Crippen LogP contribution < -0.4 is 5.32 Å². The van der Waals surface area contributed by atoms with Gasteiger partial charge >= 0.3 is 5.97 Å². The quantitative estimate of drug-likeness (QED) is 0.564. The highest BCUT2D eigenvalue weighted by Gasteiger charge is 2.29. The summed E-state index contributed by atoms with van der Waals surface area (Å²) in [5.41, 5.74) is 0. The highest BCUT2D eigenvalue weighted by Crippen LogP contribution is 2.07. The van der Waals surface area contributed by atoms with Gasteiger partial charge < -0.3 is 9.47 Å². The lowest BCUT2D eigenvalue weighted by Gasteiger charge is -2.32. The third-order valence-corrected chi connectivity index (χ3v) is 2.18. The van der Waals surface area contributed by atoms with Crippen LogP contribution in [0.15, 0.2) is 0 Å². The van der Waals surface area contributed by atoms with E-state index in [1.165, 1.54) is 7.11 Å². The van der Waals surface area contributed by atoms with E-state index in [0.717, 1.165) is 0 Å². The summed E-state index contributed by atoms with van der Waals surface area (Å²) >= 11 is 0. The van der Waals surface area contributed by atoms with Crippen LogP contribution in [0, 0.1) is 0 Å². The number of nitrogens with one attached hydrogen (secondary N) is 1. The average molecular weight is 173 g/mol. The summed E-state index contributed by atoms with van der Waals surface area (Å²) in [6.45, 7) is 4.36. The Morgan fingerprint density at radius 2 is 2.25 bits per heavy atom. The first-order valence-corrected chi connectivity index (χ1v) is 4.10. The van der Waals surface area contributed by atoms with E-state index in [1.807, 2.05) is 13.8 Å². The molecule has 70 valence electrons. The molecule has 0 spiro atoms. The molecule has 1 fully saturated rings. The number of carbonyl (C=O) groups is 1. The standard InChI is InChI=1S/C8H15NO3/c1-5-6(2)12-4-7(9-5)8(10)11-3/h5-7,9H,4H2,1-3H3. The topological polar surface area (TPSA) is 47.6 Å². The zero-order valence-corrected chi connectivity index (χ0v) is 7.66. The lowest BCUT2D eigenvalue weighted by atomic mass is 10.1. The monoisotopic (exact) mass is 173 g/mol. The predicted octanol–water partition coefficient (Wildman–Crippen LogP) is -0.0752. The average Bonchev–Trinajstić information content (AvgIpc) is 2.08. The summed E-state index contributed by atoms with van der Waals surface area (Å²) in [5.74, 6) is -0.256. The zero-order chi connectivity index (χ0) is 9.14. The fourth-order valence-electron chi connectivity index (χ4n) is 1.17. The Morgan fingerprint density at radius 3 is 2.75 bits per heavy atom. The molecule has 0 amide bonds. The normalized spacial score (nSPS) is 36.1.